The van der Waals surface area contributed by atoms with Crippen molar-refractivity contribution >= 4 is 21.8 Å². The van der Waals surface area contributed by atoms with Crippen molar-refractivity contribution in [1.29, 1.82) is 0 Å². The highest BCUT2D eigenvalue weighted by Crippen LogP contribution is 2.18. The van der Waals surface area contributed by atoms with Crippen molar-refractivity contribution in [1.82, 2.24) is 4.90 Å². The van der Waals surface area contributed by atoms with Crippen LogP contribution < -0.4 is 0 Å². The summed E-state index contributed by atoms with van der Waals surface area (Å²) >= 11 is 3.09. The van der Waals surface area contributed by atoms with E-state index in [0.717, 1.165) is 0 Å². The maximum absolute atomic E-state index is 13.2. The van der Waals surface area contributed by atoms with Crippen molar-refractivity contribution in [3.8, 4) is 0 Å². The van der Waals surface area contributed by atoms with Gasteiger partial charge >= 0.3 is 0 Å². The average Bonchev–Trinajstić information content (AvgIpc) is 2.42. The van der Waals surface area contributed by atoms with Crippen molar-refractivity contribution < 1.29 is 18.7 Å². The molecule has 0 heterocycles. The summed E-state index contributed by atoms with van der Waals surface area (Å²) in [6.45, 7) is 3.21. The van der Waals surface area contributed by atoms with Crippen molar-refractivity contribution in [2.75, 3.05) is 34.0 Å². The standard InChI is InChI=1S/C14H19BrFNO3/c1-10(9-20-3)17(6-7-19-2)14(18)11-4-5-13(16)12(15)8-11/h4-5,8,10H,6-7,9H2,1-3H3. The molecule has 0 aliphatic heterocycles. The van der Waals surface area contributed by atoms with Crippen LogP contribution in [-0.4, -0.2) is 50.8 Å². The van der Waals surface area contributed by atoms with Gasteiger partial charge in [0, 0.05) is 26.3 Å². The monoisotopic (exact) mass is 347 g/mol. The third-order valence-corrected chi connectivity index (χ3v) is 3.51. The molecule has 0 fully saturated rings. The van der Waals surface area contributed by atoms with E-state index in [1.54, 1.807) is 19.1 Å². The second-order valence-corrected chi connectivity index (χ2v) is 5.28. The van der Waals surface area contributed by atoms with Gasteiger partial charge in [0.25, 0.3) is 5.91 Å². The zero-order chi connectivity index (χ0) is 15.1. The van der Waals surface area contributed by atoms with Crippen LogP contribution in [-0.2, 0) is 9.47 Å². The Kier molecular flexibility index (Phi) is 7.12. The number of hydrogen-bond donors (Lipinski definition) is 0. The molecule has 1 amide bonds. The minimum Gasteiger partial charge on any atom is -0.383 e. The van der Waals surface area contributed by atoms with Crippen LogP contribution in [0, 0.1) is 5.82 Å². The minimum atomic E-state index is -0.394. The van der Waals surface area contributed by atoms with E-state index < -0.39 is 5.82 Å². The normalized spacial score (nSPS) is 12.2. The van der Waals surface area contributed by atoms with E-state index in [1.807, 2.05) is 6.92 Å². The predicted octanol–water partition coefficient (Wildman–Crippen LogP) is 2.71. The van der Waals surface area contributed by atoms with Gasteiger partial charge in [0.2, 0.25) is 0 Å². The summed E-state index contributed by atoms with van der Waals surface area (Å²) in [7, 11) is 3.17. The molecule has 0 saturated heterocycles. The van der Waals surface area contributed by atoms with Crippen LogP contribution in [0.15, 0.2) is 22.7 Å². The molecule has 0 saturated carbocycles. The molecule has 1 unspecified atom stereocenters. The third-order valence-electron chi connectivity index (χ3n) is 2.90. The number of benzene rings is 1. The summed E-state index contributed by atoms with van der Waals surface area (Å²) in [6, 6.07) is 4.14. The number of methoxy groups -OCH3 is 2. The van der Waals surface area contributed by atoms with E-state index in [2.05, 4.69) is 15.9 Å². The molecule has 0 aromatic heterocycles. The van der Waals surface area contributed by atoms with Gasteiger partial charge in [0.15, 0.2) is 0 Å². The fraction of sp³-hybridized carbons (Fsp3) is 0.500. The molecule has 0 N–H and O–H groups in total. The second-order valence-electron chi connectivity index (χ2n) is 4.42. The first-order valence-electron chi connectivity index (χ1n) is 6.25. The van der Waals surface area contributed by atoms with Crippen LogP contribution >= 0.6 is 15.9 Å². The van der Waals surface area contributed by atoms with Crippen molar-refractivity contribution in [3.63, 3.8) is 0 Å². The molecular weight excluding hydrogens is 329 g/mol. The summed E-state index contributed by atoms with van der Waals surface area (Å²) in [4.78, 5) is 14.2. The first-order chi connectivity index (χ1) is 9.51. The summed E-state index contributed by atoms with van der Waals surface area (Å²) < 4.78 is 23.6. The van der Waals surface area contributed by atoms with Gasteiger partial charge in [-0.05, 0) is 41.1 Å². The number of carbonyl (C=O) groups excluding carboxylic acids is 1. The fourth-order valence-corrected chi connectivity index (χ4v) is 2.22. The van der Waals surface area contributed by atoms with Gasteiger partial charge < -0.3 is 14.4 Å². The van der Waals surface area contributed by atoms with Gasteiger partial charge in [-0.2, -0.15) is 0 Å². The molecule has 0 aliphatic carbocycles. The maximum Gasteiger partial charge on any atom is 0.254 e. The molecule has 1 aromatic carbocycles. The molecular formula is C14H19BrFNO3. The molecule has 112 valence electrons. The average molecular weight is 348 g/mol. The van der Waals surface area contributed by atoms with Crippen molar-refractivity contribution in [2.45, 2.75) is 13.0 Å². The largest absolute Gasteiger partial charge is 0.383 e. The minimum absolute atomic E-state index is 0.0912. The lowest BCUT2D eigenvalue weighted by Crippen LogP contribution is -2.43. The van der Waals surface area contributed by atoms with E-state index >= 15 is 0 Å². The molecule has 0 bridgehead atoms. The zero-order valence-electron chi connectivity index (χ0n) is 11.9. The molecule has 0 radical (unpaired) electrons. The molecule has 1 rings (SSSR count). The number of rotatable bonds is 7. The van der Waals surface area contributed by atoms with Gasteiger partial charge in [-0.15, -0.1) is 0 Å². The number of carbonyl (C=O) groups is 1. The van der Waals surface area contributed by atoms with Crippen LogP contribution in [0.1, 0.15) is 17.3 Å². The lowest BCUT2D eigenvalue weighted by molar-refractivity contribution is 0.0479. The lowest BCUT2D eigenvalue weighted by Gasteiger charge is -2.28. The number of halogens is 2. The summed E-state index contributed by atoms with van der Waals surface area (Å²) in [6.07, 6.45) is 0. The topological polar surface area (TPSA) is 38.8 Å². The number of amides is 1. The number of ether oxygens (including phenoxy) is 2. The summed E-state index contributed by atoms with van der Waals surface area (Å²) in [5.41, 5.74) is 0.428. The Bertz CT molecular complexity index is 456. The zero-order valence-corrected chi connectivity index (χ0v) is 13.4. The van der Waals surface area contributed by atoms with Gasteiger partial charge in [-0.25, -0.2) is 4.39 Å². The van der Waals surface area contributed by atoms with E-state index in [9.17, 15) is 9.18 Å². The Morgan fingerprint density at radius 1 is 1.40 bits per heavy atom. The molecule has 1 atom stereocenters. The maximum atomic E-state index is 13.2. The van der Waals surface area contributed by atoms with E-state index in [4.69, 9.17) is 9.47 Å². The summed E-state index contributed by atoms with van der Waals surface area (Å²) in [5.74, 6) is -0.567. The molecule has 0 spiro atoms. The second kappa shape index (κ2) is 8.34. The van der Waals surface area contributed by atoms with Crippen LogP contribution in [0.3, 0.4) is 0 Å². The van der Waals surface area contributed by atoms with Crippen molar-refractivity contribution in [2.24, 2.45) is 0 Å². The lowest BCUT2D eigenvalue weighted by atomic mass is 10.1. The molecule has 0 aliphatic rings. The van der Waals surface area contributed by atoms with Crippen LogP contribution in [0.5, 0.6) is 0 Å². The fourth-order valence-electron chi connectivity index (χ4n) is 1.84. The Balaban J connectivity index is 2.93. The smallest absolute Gasteiger partial charge is 0.254 e. The summed E-state index contributed by atoms with van der Waals surface area (Å²) in [5, 5.41) is 0. The first-order valence-corrected chi connectivity index (χ1v) is 7.04. The number of hydrogen-bond acceptors (Lipinski definition) is 3. The SMILES string of the molecule is COCCN(C(=O)c1ccc(F)c(Br)c1)C(C)COC. The first kappa shape index (κ1) is 17.1. The Labute approximate surface area is 127 Å². The Morgan fingerprint density at radius 3 is 2.65 bits per heavy atom. The van der Waals surface area contributed by atoms with Crippen LogP contribution in [0.4, 0.5) is 4.39 Å². The Morgan fingerprint density at radius 2 is 2.10 bits per heavy atom. The van der Waals surface area contributed by atoms with Crippen molar-refractivity contribution in [3.05, 3.63) is 34.1 Å². The number of nitrogens with zero attached hydrogens (tertiary/aromatic N) is 1. The highest BCUT2D eigenvalue weighted by Gasteiger charge is 2.21. The highest BCUT2D eigenvalue weighted by molar-refractivity contribution is 9.10. The van der Waals surface area contributed by atoms with E-state index in [-0.39, 0.29) is 16.4 Å². The molecule has 20 heavy (non-hydrogen) atoms. The van der Waals surface area contributed by atoms with E-state index in [1.165, 1.54) is 18.2 Å². The quantitative estimate of drug-likeness (QED) is 0.761. The van der Waals surface area contributed by atoms with Gasteiger partial charge in [0.05, 0.1) is 23.7 Å². The Hall–Kier alpha value is -0.980. The molecule has 4 nitrogen and oxygen atoms in total. The van der Waals surface area contributed by atoms with Gasteiger partial charge in [0.1, 0.15) is 5.82 Å². The van der Waals surface area contributed by atoms with Gasteiger partial charge in [-0.1, -0.05) is 0 Å². The molecule has 6 heteroatoms. The predicted molar refractivity (Wildman–Crippen MR) is 78.4 cm³/mol. The van der Waals surface area contributed by atoms with Crippen LogP contribution in [0.25, 0.3) is 0 Å². The van der Waals surface area contributed by atoms with Crippen LogP contribution in [0.2, 0.25) is 0 Å². The third kappa shape index (κ3) is 4.54. The van der Waals surface area contributed by atoms with E-state index in [0.29, 0.717) is 25.3 Å². The highest BCUT2D eigenvalue weighted by atomic mass is 79.9. The van der Waals surface area contributed by atoms with Gasteiger partial charge in [-0.3, -0.25) is 4.79 Å². The molecule has 1 aromatic rings.